The number of fused-ring (bicyclic) bond motifs is 1. The molecule has 3 aromatic carbocycles. The molecule has 0 bridgehead atoms. The minimum absolute atomic E-state index is 0.0663. The first-order chi connectivity index (χ1) is 14.6. The number of benzene rings is 3. The van der Waals surface area contributed by atoms with Crippen LogP contribution in [0.25, 0.3) is 16.6 Å². The largest absolute Gasteiger partial charge is 0.497 e. The summed E-state index contributed by atoms with van der Waals surface area (Å²) in [5.74, 6) is 1.99. The van der Waals surface area contributed by atoms with E-state index in [9.17, 15) is 4.79 Å². The van der Waals surface area contributed by atoms with Crippen LogP contribution in [-0.2, 0) is 5.75 Å². The summed E-state index contributed by atoms with van der Waals surface area (Å²) in [4.78, 5) is 18.1. The molecule has 0 saturated heterocycles. The molecule has 1 aromatic heterocycles. The molecule has 152 valence electrons. The molecule has 0 aliphatic rings. The van der Waals surface area contributed by atoms with Gasteiger partial charge in [-0.15, -0.1) is 0 Å². The Morgan fingerprint density at radius 3 is 2.33 bits per heavy atom. The Morgan fingerprint density at radius 2 is 1.67 bits per heavy atom. The second-order valence-corrected chi connectivity index (χ2v) is 8.38. The molecule has 0 radical (unpaired) electrons. The molecule has 0 saturated carbocycles. The summed E-state index contributed by atoms with van der Waals surface area (Å²) >= 11 is 1.57. The number of thioether (sulfide) groups is 1. The van der Waals surface area contributed by atoms with Crippen molar-refractivity contribution < 1.29 is 4.74 Å². The molecule has 5 heteroatoms. The van der Waals surface area contributed by atoms with Crippen molar-refractivity contribution in [1.82, 2.24) is 9.55 Å². The van der Waals surface area contributed by atoms with E-state index in [0.717, 1.165) is 17.2 Å². The van der Waals surface area contributed by atoms with Crippen molar-refractivity contribution in [3.8, 4) is 11.4 Å². The molecule has 0 fully saturated rings. The topological polar surface area (TPSA) is 44.1 Å². The predicted molar refractivity (Wildman–Crippen MR) is 124 cm³/mol. The van der Waals surface area contributed by atoms with Crippen molar-refractivity contribution in [2.75, 3.05) is 7.11 Å². The molecule has 0 unspecified atom stereocenters. The highest BCUT2D eigenvalue weighted by molar-refractivity contribution is 7.98. The van der Waals surface area contributed by atoms with Crippen LogP contribution in [0, 0.1) is 0 Å². The Labute approximate surface area is 180 Å². The average molecular weight is 417 g/mol. The SMILES string of the molecule is COc1ccc(-n2c(SCc3ccc(C(C)C)cc3)nc3ccccc3c2=O)cc1. The first-order valence-corrected chi connectivity index (χ1v) is 10.9. The predicted octanol–water partition coefficient (Wildman–Crippen LogP) is 5.81. The van der Waals surface area contributed by atoms with Crippen molar-refractivity contribution in [1.29, 1.82) is 0 Å². The van der Waals surface area contributed by atoms with Crippen LogP contribution in [0.5, 0.6) is 5.75 Å². The molecular weight excluding hydrogens is 392 g/mol. The summed E-state index contributed by atoms with van der Waals surface area (Å²) in [7, 11) is 1.63. The maximum atomic E-state index is 13.3. The Balaban J connectivity index is 1.74. The Bertz CT molecular complexity index is 1210. The van der Waals surface area contributed by atoms with Gasteiger partial charge in [0.25, 0.3) is 5.56 Å². The van der Waals surface area contributed by atoms with Crippen LogP contribution in [0.1, 0.15) is 30.9 Å². The van der Waals surface area contributed by atoms with Gasteiger partial charge < -0.3 is 4.74 Å². The highest BCUT2D eigenvalue weighted by Gasteiger charge is 2.14. The smallest absolute Gasteiger partial charge is 0.266 e. The Hall–Kier alpha value is -3.05. The number of nitrogens with zero attached hydrogens (tertiary/aromatic N) is 2. The zero-order valence-corrected chi connectivity index (χ0v) is 18.1. The third kappa shape index (κ3) is 4.12. The normalized spacial score (nSPS) is 11.2. The van der Waals surface area contributed by atoms with Gasteiger partial charge in [-0.25, -0.2) is 4.98 Å². The minimum atomic E-state index is -0.0663. The highest BCUT2D eigenvalue weighted by Crippen LogP contribution is 2.26. The second-order valence-electron chi connectivity index (χ2n) is 7.44. The van der Waals surface area contributed by atoms with E-state index in [0.29, 0.717) is 22.0 Å². The van der Waals surface area contributed by atoms with Crippen molar-refractivity contribution in [2.45, 2.75) is 30.7 Å². The number of hydrogen-bond donors (Lipinski definition) is 0. The fourth-order valence-corrected chi connectivity index (χ4v) is 4.28. The van der Waals surface area contributed by atoms with E-state index in [4.69, 9.17) is 9.72 Å². The van der Waals surface area contributed by atoms with Crippen LogP contribution in [-0.4, -0.2) is 16.7 Å². The van der Waals surface area contributed by atoms with E-state index in [1.807, 2.05) is 48.5 Å². The van der Waals surface area contributed by atoms with Gasteiger partial charge in [-0.05, 0) is 53.4 Å². The van der Waals surface area contributed by atoms with E-state index < -0.39 is 0 Å². The van der Waals surface area contributed by atoms with Crippen LogP contribution >= 0.6 is 11.8 Å². The Kier molecular flexibility index (Phi) is 5.91. The lowest BCUT2D eigenvalue weighted by molar-refractivity contribution is 0.414. The lowest BCUT2D eigenvalue weighted by Gasteiger charge is -2.14. The highest BCUT2D eigenvalue weighted by atomic mass is 32.2. The molecule has 1 heterocycles. The molecule has 30 heavy (non-hydrogen) atoms. The number of rotatable bonds is 6. The molecule has 0 aliphatic carbocycles. The molecule has 0 spiro atoms. The number of para-hydroxylation sites is 1. The van der Waals surface area contributed by atoms with Crippen LogP contribution in [0.2, 0.25) is 0 Å². The summed E-state index contributed by atoms with van der Waals surface area (Å²) in [5, 5.41) is 1.29. The number of methoxy groups -OCH3 is 1. The van der Waals surface area contributed by atoms with Gasteiger partial charge in [0, 0.05) is 5.75 Å². The van der Waals surface area contributed by atoms with Crippen molar-refractivity contribution in [3.63, 3.8) is 0 Å². The van der Waals surface area contributed by atoms with Gasteiger partial charge in [0.1, 0.15) is 5.75 Å². The molecule has 0 atom stereocenters. The van der Waals surface area contributed by atoms with Gasteiger partial charge in [0.15, 0.2) is 5.16 Å². The maximum Gasteiger partial charge on any atom is 0.266 e. The van der Waals surface area contributed by atoms with Gasteiger partial charge in [0.05, 0.1) is 23.7 Å². The standard InChI is InChI=1S/C25H24N2O2S/c1-17(2)19-10-8-18(9-11-19)16-30-25-26-23-7-5-4-6-22(23)24(28)27(25)20-12-14-21(29-3)15-13-20/h4-15,17H,16H2,1-3H3. The molecule has 4 aromatic rings. The van der Waals surface area contributed by atoms with Gasteiger partial charge in [-0.1, -0.05) is 62.0 Å². The summed E-state index contributed by atoms with van der Waals surface area (Å²) < 4.78 is 6.95. The van der Waals surface area contributed by atoms with E-state index >= 15 is 0 Å². The number of ether oxygens (including phenoxy) is 1. The van der Waals surface area contributed by atoms with E-state index in [2.05, 4.69) is 38.1 Å². The monoisotopic (exact) mass is 416 g/mol. The van der Waals surface area contributed by atoms with Crippen LogP contribution in [0.3, 0.4) is 0 Å². The van der Waals surface area contributed by atoms with Crippen molar-refractivity contribution in [3.05, 3.63) is 94.3 Å². The summed E-state index contributed by atoms with van der Waals surface area (Å²) in [5.41, 5.74) is 3.95. The van der Waals surface area contributed by atoms with E-state index in [1.54, 1.807) is 23.4 Å². The third-order valence-corrected chi connectivity index (χ3v) is 6.10. The number of hydrogen-bond acceptors (Lipinski definition) is 4. The average Bonchev–Trinajstić information content (AvgIpc) is 2.78. The van der Waals surface area contributed by atoms with Gasteiger partial charge in [-0.2, -0.15) is 0 Å². The van der Waals surface area contributed by atoms with Gasteiger partial charge >= 0.3 is 0 Å². The first kappa shape index (κ1) is 20.2. The molecular formula is C25H24N2O2S. The summed E-state index contributed by atoms with van der Waals surface area (Å²) in [6.45, 7) is 4.38. The lowest BCUT2D eigenvalue weighted by atomic mass is 10.0. The zero-order valence-electron chi connectivity index (χ0n) is 17.3. The van der Waals surface area contributed by atoms with Crippen molar-refractivity contribution >= 4 is 22.7 Å². The molecule has 4 rings (SSSR count). The molecule has 4 nitrogen and oxygen atoms in total. The third-order valence-electron chi connectivity index (χ3n) is 5.09. The van der Waals surface area contributed by atoms with E-state index in [-0.39, 0.29) is 5.56 Å². The fourth-order valence-electron chi connectivity index (χ4n) is 3.31. The minimum Gasteiger partial charge on any atom is -0.497 e. The Morgan fingerprint density at radius 1 is 0.967 bits per heavy atom. The summed E-state index contributed by atoms with van der Waals surface area (Å²) in [6, 6.07) is 23.6. The maximum absolute atomic E-state index is 13.3. The quantitative estimate of drug-likeness (QED) is 0.294. The van der Waals surface area contributed by atoms with Crippen LogP contribution in [0.4, 0.5) is 0 Å². The van der Waals surface area contributed by atoms with E-state index in [1.165, 1.54) is 11.1 Å². The van der Waals surface area contributed by atoms with Crippen molar-refractivity contribution in [2.24, 2.45) is 0 Å². The van der Waals surface area contributed by atoms with Crippen LogP contribution < -0.4 is 10.3 Å². The van der Waals surface area contributed by atoms with Gasteiger partial charge in [0.2, 0.25) is 0 Å². The first-order valence-electron chi connectivity index (χ1n) is 9.94. The van der Waals surface area contributed by atoms with Gasteiger partial charge in [-0.3, -0.25) is 9.36 Å². The molecule has 0 amide bonds. The summed E-state index contributed by atoms with van der Waals surface area (Å²) in [6.07, 6.45) is 0. The number of aromatic nitrogens is 2. The molecule has 0 aliphatic heterocycles. The second kappa shape index (κ2) is 8.76. The lowest BCUT2D eigenvalue weighted by Crippen LogP contribution is -2.21. The van der Waals surface area contributed by atoms with Crippen LogP contribution in [0.15, 0.2) is 82.7 Å². The fraction of sp³-hybridized carbons (Fsp3) is 0.200. The molecule has 0 N–H and O–H groups in total. The zero-order chi connectivity index (χ0) is 21.1.